The lowest BCUT2D eigenvalue weighted by Crippen LogP contribution is -2.41. The van der Waals surface area contributed by atoms with Crippen molar-refractivity contribution >= 4 is 11.9 Å². The van der Waals surface area contributed by atoms with Crippen LogP contribution in [0.5, 0.6) is 0 Å². The van der Waals surface area contributed by atoms with Gasteiger partial charge in [0.1, 0.15) is 12.1 Å². The van der Waals surface area contributed by atoms with E-state index in [1.54, 1.807) is 0 Å². The van der Waals surface area contributed by atoms with Crippen LogP contribution >= 0.6 is 0 Å². The molecule has 0 aliphatic carbocycles. The molecule has 0 spiro atoms. The molecule has 0 bridgehead atoms. The molecule has 0 heterocycles. The van der Waals surface area contributed by atoms with E-state index in [9.17, 15) is 9.59 Å². The van der Waals surface area contributed by atoms with Crippen LogP contribution in [0, 0.1) is 0 Å². The predicted octanol–water partition coefficient (Wildman–Crippen LogP) is -1.80. The summed E-state index contributed by atoms with van der Waals surface area (Å²) < 4.78 is 0. The SMILES string of the molecule is N[C@H](C[C@H](N)C(=O)O)C(=O)O. The number of hydrogen-bond acceptors (Lipinski definition) is 4. The Kier molecular flexibility index (Phi) is 3.49. The van der Waals surface area contributed by atoms with E-state index in [1.807, 2.05) is 0 Å². The Balaban J connectivity index is 3.84. The van der Waals surface area contributed by atoms with Gasteiger partial charge in [-0.25, -0.2) is 0 Å². The Hall–Kier alpha value is -1.14. The molecule has 0 amide bonds. The van der Waals surface area contributed by atoms with Crippen molar-refractivity contribution in [1.29, 1.82) is 0 Å². The first-order valence-corrected chi connectivity index (χ1v) is 2.92. The Labute approximate surface area is 62.8 Å². The Morgan fingerprint density at radius 1 is 1.09 bits per heavy atom. The first kappa shape index (κ1) is 9.86. The third kappa shape index (κ3) is 3.54. The van der Waals surface area contributed by atoms with Gasteiger partial charge in [0, 0.05) is 0 Å². The molecule has 0 aliphatic rings. The summed E-state index contributed by atoms with van der Waals surface area (Å²) in [6, 6.07) is -2.41. The summed E-state index contributed by atoms with van der Waals surface area (Å²) in [6.45, 7) is 0. The fourth-order valence-electron chi connectivity index (χ4n) is 0.475. The van der Waals surface area contributed by atoms with Crippen molar-refractivity contribution in [3.63, 3.8) is 0 Å². The first-order chi connectivity index (χ1) is 4.95. The largest absolute Gasteiger partial charge is 0.480 e. The maximum Gasteiger partial charge on any atom is 0.320 e. The van der Waals surface area contributed by atoms with Gasteiger partial charge in [-0.3, -0.25) is 9.59 Å². The summed E-state index contributed by atoms with van der Waals surface area (Å²) in [5, 5.41) is 16.5. The molecular formula is C5H10N2O4. The van der Waals surface area contributed by atoms with Gasteiger partial charge >= 0.3 is 11.9 Å². The number of rotatable bonds is 4. The number of carboxylic acid groups (broad SMARTS) is 2. The van der Waals surface area contributed by atoms with Crippen molar-refractivity contribution in [1.82, 2.24) is 0 Å². The highest BCUT2D eigenvalue weighted by atomic mass is 16.4. The minimum atomic E-state index is -1.25. The smallest absolute Gasteiger partial charge is 0.320 e. The van der Waals surface area contributed by atoms with Crippen LogP contribution < -0.4 is 11.5 Å². The van der Waals surface area contributed by atoms with Gasteiger partial charge in [-0.15, -0.1) is 0 Å². The summed E-state index contributed by atoms with van der Waals surface area (Å²) >= 11 is 0. The molecule has 0 saturated carbocycles. The number of nitrogens with two attached hydrogens (primary N) is 2. The average molecular weight is 162 g/mol. The normalized spacial score (nSPS) is 15.5. The zero-order valence-corrected chi connectivity index (χ0v) is 5.73. The maximum absolute atomic E-state index is 10.1. The van der Waals surface area contributed by atoms with Gasteiger partial charge in [-0.05, 0) is 6.42 Å². The van der Waals surface area contributed by atoms with Crippen LogP contribution in [-0.2, 0) is 9.59 Å². The van der Waals surface area contributed by atoms with Crippen LogP contribution in [0.2, 0.25) is 0 Å². The highest BCUT2D eigenvalue weighted by Gasteiger charge is 2.20. The van der Waals surface area contributed by atoms with Gasteiger partial charge in [0.2, 0.25) is 0 Å². The summed E-state index contributed by atoms with van der Waals surface area (Å²) in [5.74, 6) is -2.50. The number of carboxylic acids is 2. The second-order valence-corrected chi connectivity index (χ2v) is 2.13. The number of hydrogen-bond donors (Lipinski definition) is 4. The quantitative estimate of drug-likeness (QED) is 0.386. The molecular weight excluding hydrogens is 152 g/mol. The molecule has 0 aliphatic heterocycles. The molecule has 0 aromatic carbocycles. The molecule has 6 heteroatoms. The van der Waals surface area contributed by atoms with Crippen molar-refractivity contribution in [2.75, 3.05) is 0 Å². The summed E-state index contributed by atoms with van der Waals surface area (Å²) in [5.41, 5.74) is 10.0. The zero-order valence-electron chi connectivity index (χ0n) is 5.73. The van der Waals surface area contributed by atoms with Gasteiger partial charge in [-0.1, -0.05) is 0 Å². The summed E-state index contributed by atoms with van der Waals surface area (Å²) in [6.07, 6.45) is -0.259. The van der Waals surface area contributed by atoms with Crippen molar-refractivity contribution in [3.8, 4) is 0 Å². The van der Waals surface area contributed by atoms with Gasteiger partial charge in [0.25, 0.3) is 0 Å². The lowest BCUT2D eigenvalue weighted by Gasteiger charge is -2.08. The van der Waals surface area contributed by atoms with Crippen LogP contribution in [-0.4, -0.2) is 34.2 Å². The van der Waals surface area contributed by atoms with Crippen LogP contribution in [0.15, 0.2) is 0 Å². The molecule has 0 fully saturated rings. The third-order valence-corrected chi connectivity index (χ3v) is 1.14. The molecule has 6 nitrogen and oxygen atoms in total. The van der Waals surface area contributed by atoms with E-state index >= 15 is 0 Å². The van der Waals surface area contributed by atoms with Crippen molar-refractivity contribution in [3.05, 3.63) is 0 Å². The average Bonchev–Trinajstić information content (AvgIpc) is 1.87. The summed E-state index contributed by atoms with van der Waals surface area (Å²) in [7, 11) is 0. The third-order valence-electron chi connectivity index (χ3n) is 1.14. The molecule has 64 valence electrons. The van der Waals surface area contributed by atoms with E-state index in [0.717, 1.165) is 0 Å². The van der Waals surface area contributed by atoms with E-state index in [1.165, 1.54) is 0 Å². The predicted molar refractivity (Wildman–Crippen MR) is 35.8 cm³/mol. The minimum Gasteiger partial charge on any atom is -0.480 e. The highest BCUT2D eigenvalue weighted by molar-refractivity contribution is 5.77. The monoisotopic (exact) mass is 162 g/mol. The zero-order chi connectivity index (χ0) is 9.02. The van der Waals surface area contributed by atoms with Crippen molar-refractivity contribution < 1.29 is 19.8 Å². The van der Waals surface area contributed by atoms with Gasteiger partial charge in [0.15, 0.2) is 0 Å². The van der Waals surface area contributed by atoms with Gasteiger partial charge < -0.3 is 21.7 Å². The standard InChI is InChI=1S/C5H10N2O4/c6-2(4(8)9)1-3(7)5(10)11/h2-3H,1,6-7H2,(H,8,9)(H,10,11)/t2-,3+. The fraction of sp³-hybridized carbons (Fsp3) is 0.600. The van der Waals surface area contributed by atoms with Crippen LogP contribution in [0.4, 0.5) is 0 Å². The van der Waals surface area contributed by atoms with Crippen LogP contribution in [0.1, 0.15) is 6.42 Å². The Morgan fingerprint density at radius 2 is 1.36 bits per heavy atom. The van der Waals surface area contributed by atoms with Crippen LogP contribution in [0.25, 0.3) is 0 Å². The molecule has 6 N–H and O–H groups in total. The molecule has 11 heavy (non-hydrogen) atoms. The lowest BCUT2D eigenvalue weighted by molar-refractivity contribution is -0.140. The van der Waals surface area contributed by atoms with E-state index in [4.69, 9.17) is 21.7 Å². The van der Waals surface area contributed by atoms with E-state index in [2.05, 4.69) is 0 Å². The van der Waals surface area contributed by atoms with E-state index in [-0.39, 0.29) is 6.42 Å². The molecule has 0 unspecified atom stereocenters. The second kappa shape index (κ2) is 3.89. The van der Waals surface area contributed by atoms with E-state index in [0.29, 0.717) is 0 Å². The first-order valence-electron chi connectivity index (χ1n) is 2.92. The minimum absolute atomic E-state index is 0.259. The second-order valence-electron chi connectivity index (χ2n) is 2.13. The van der Waals surface area contributed by atoms with Crippen molar-refractivity contribution in [2.24, 2.45) is 11.5 Å². The Morgan fingerprint density at radius 3 is 1.55 bits per heavy atom. The fourth-order valence-corrected chi connectivity index (χ4v) is 0.475. The van der Waals surface area contributed by atoms with Crippen molar-refractivity contribution in [2.45, 2.75) is 18.5 Å². The summed E-state index contributed by atoms with van der Waals surface area (Å²) in [4.78, 5) is 20.2. The maximum atomic E-state index is 10.1. The van der Waals surface area contributed by atoms with Gasteiger partial charge in [0.05, 0.1) is 0 Å². The number of aliphatic carboxylic acids is 2. The lowest BCUT2D eigenvalue weighted by atomic mass is 10.1. The van der Waals surface area contributed by atoms with Crippen LogP contribution in [0.3, 0.4) is 0 Å². The topological polar surface area (TPSA) is 127 Å². The molecule has 2 atom stereocenters. The Bertz CT molecular complexity index is 152. The molecule has 0 radical (unpaired) electrons. The molecule has 0 saturated heterocycles. The molecule has 0 rings (SSSR count). The van der Waals surface area contributed by atoms with Gasteiger partial charge in [-0.2, -0.15) is 0 Å². The number of carbonyl (C=O) groups is 2. The molecule has 0 aromatic heterocycles. The highest BCUT2D eigenvalue weighted by Crippen LogP contribution is 1.93. The molecule has 0 aromatic rings. The van der Waals surface area contributed by atoms with E-state index < -0.39 is 24.0 Å².